The Bertz CT molecular complexity index is 357. The molecule has 106 valence electrons. The molecule has 4 nitrogen and oxygen atoms in total. The van der Waals surface area contributed by atoms with Crippen LogP contribution >= 0.6 is 0 Å². The fraction of sp³-hybridized carbons (Fsp3) is 1.00. The van der Waals surface area contributed by atoms with Crippen molar-refractivity contribution in [1.29, 1.82) is 0 Å². The van der Waals surface area contributed by atoms with Gasteiger partial charge in [0.1, 0.15) is 0 Å². The van der Waals surface area contributed by atoms with E-state index in [2.05, 4.69) is 4.72 Å². The summed E-state index contributed by atoms with van der Waals surface area (Å²) in [6, 6.07) is 0. The van der Waals surface area contributed by atoms with Crippen molar-refractivity contribution in [2.24, 2.45) is 17.1 Å². The maximum atomic E-state index is 11.9. The number of nitrogens with two attached hydrogens (primary N) is 1. The lowest BCUT2D eigenvalue weighted by atomic mass is 9.74. The van der Waals surface area contributed by atoms with E-state index in [1.807, 2.05) is 0 Å². The first kappa shape index (κ1) is 14.3. The highest BCUT2D eigenvalue weighted by molar-refractivity contribution is 7.89. The summed E-state index contributed by atoms with van der Waals surface area (Å²) in [6.45, 7) is 1.13. The first-order valence-corrected chi connectivity index (χ1v) is 8.88. The predicted octanol–water partition coefficient (Wildman–Crippen LogP) is 1.62. The maximum absolute atomic E-state index is 11.9. The van der Waals surface area contributed by atoms with Gasteiger partial charge in [-0.05, 0) is 37.1 Å². The van der Waals surface area contributed by atoms with Gasteiger partial charge in [-0.25, -0.2) is 13.1 Å². The Labute approximate surface area is 111 Å². The molecular formula is C13H26N2O2S. The number of hydrogen-bond donors (Lipinski definition) is 2. The van der Waals surface area contributed by atoms with Gasteiger partial charge in [0.2, 0.25) is 10.0 Å². The molecule has 0 aromatic carbocycles. The number of sulfonamides is 1. The topological polar surface area (TPSA) is 72.2 Å². The van der Waals surface area contributed by atoms with E-state index in [1.165, 1.54) is 32.1 Å². The summed E-state index contributed by atoms with van der Waals surface area (Å²) in [5.74, 6) is 0.956. The van der Waals surface area contributed by atoms with E-state index in [9.17, 15) is 8.42 Å². The molecule has 0 amide bonds. The zero-order valence-electron chi connectivity index (χ0n) is 11.2. The van der Waals surface area contributed by atoms with Gasteiger partial charge in [-0.15, -0.1) is 0 Å². The lowest BCUT2D eigenvalue weighted by Crippen LogP contribution is -2.44. The van der Waals surface area contributed by atoms with E-state index in [0.717, 1.165) is 19.3 Å². The van der Waals surface area contributed by atoms with Gasteiger partial charge in [0.15, 0.2) is 0 Å². The van der Waals surface area contributed by atoms with E-state index in [1.54, 1.807) is 0 Å². The third-order valence-electron chi connectivity index (χ3n) is 4.51. The largest absolute Gasteiger partial charge is 0.330 e. The highest BCUT2D eigenvalue weighted by atomic mass is 32.2. The Morgan fingerprint density at radius 3 is 2.39 bits per heavy atom. The summed E-state index contributed by atoms with van der Waals surface area (Å²) >= 11 is 0. The molecule has 5 heteroatoms. The zero-order valence-corrected chi connectivity index (χ0v) is 12.0. The fourth-order valence-corrected chi connectivity index (χ4v) is 4.13. The van der Waals surface area contributed by atoms with Crippen LogP contribution in [0.5, 0.6) is 0 Å². The molecule has 0 bridgehead atoms. The second-order valence-corrected chi connectivity index (χ2v) is 8.06. The van der Waals surface area contributed by atoms with Crippen molar-refractivity contribution in [2.45, 2.75) is 51.4 Å². The molecule has 0 atom stereocenters. The van der Waals surface area contributed by atoms with E-state index >= 15 is 0 Å². The van der Waals surface area contributed by atoms with Gasteiger partial charge in [-0.3, -0.25) is 0 Å². The highest BCUT2D eigenvalue weighted by Crippen LogP contribution is 2.35. The number of nitrogens with one attached hydrogen (secondary N) is 1. The van der Waals surface area contributed by atoms with Crippen LogP contribution in [-0.4, -0.2) is 27.3 Å². The first-order valence-electron chi connectivity index (χ1n) is 7.23. The fourth-order valence-electron chi connectivity index (χ4n) is 2.82. The van der Waals surface area contributed by atoms with E-state index in [-0.39, 0.29) is 11.2 Å². The van der Waals surface area contributed by atoms with Crippen molar-refractivity contribution < 1.29 is 8.42 Å². The average molecular weight is 274 g/mol. The van der Waals surface area contributed by atoms with Crippen molar-refractivity contribution >= 4 is 10.0 Å². The Hall–Kier alpha value is -0.130. The van der Waals surface area contributed by atoms with E-state index < -0.39 is 10.0 Å². The molecule has 0 spiro atoms. The van der Waals surface area contributed by atoms with Gasteiger partial charge in [-0.1, -0.05) is 32.1 Å². The highest BCUT2D eigenvalue weighted by Gasteiger charge is 2.32. The van der Waals surface area contributed by atoms with Crippen molar-refractivity contribution in [1.82, 2.24) is 4.72 Å². The summed E-state index contributed by atoms with van der Waals surface area (Å²) in [4.78, 5) is 0. The normalized spacial score (nSPS) is 24.1. The van der Waals surface area contributed by atoms with Gasteiger partial charge >= 0.3 is 0 Å². The van der Waals surface area contributed by atoms with E-state index in [4.69, 9.17) is 5.73 Å². The summed E-state index contributed by atoms with van der Waals surface area (Å²) in [5.41, 5.74) is 5.88. The number of rotatable bonds is 7. The molecule has 0 unspecified atom stereocenters. The minimum atomic E-state index is -3.09. The number of hydrogen-bond acceptors (Lipinski definition) is 3. The Morgan fingerprint density at radius 2 is 1.83 bits per heavy atom. The van der Waals surface area contributed by atoms with E-state index in [0.29, 0.717) is 19.0 Å². The summed E-state index contributed by atoms with van der Waals surface area (Å²) < 4.78 is 26.6. The van der Waals surface area contributed by atoms with Gasteiger partial charge in [0.05, 0.1) is 5.75 Å². The molecule has 0 aromatic heterocycles. The van der Waals surface area contributed by atoms with Crippen LogP contribution < -0.4 is 10.5 Å². The maximum Gasteiger partial charge on any atom is 0.211 e. The quantitative estimate of drug-likeness (QED) is 0.741. The van der Waals surface area contributed by atoms with Crippen LogP contribution in [0.15, 0.2) is 0 Å². The van der Waals surface area contributed by atoms with Crippen LogP contribution in [0, 0.1) is 11.3 Å². The third kappa shape index (κ3) is 4.21. The molecular weight excluding hydrogens is 248 g/mol. The molecule has 18 heavy (non-hydrogen) atoms. The molecule has 2 saturated carbocycles. The SMILES string of the molecule is NCC1(CNS(=O)(=O)CCC2CC2)CCCCC1. The van der Waals surface area contributed by atoms with Crippen molar-refractivity contribution in [3.8, 4) is 0 Å². The van der Waals surface area contributed by atoms with Crippen LogP contribution in [0.2, 0.25) is 0 Å². The van der Waals surface area contributed by atoms with Crippen molar-refractivity contribution in [3.63, 3.8) is 0 Å². The third-order valence-corrected chi connectivity index (χ3v) is 5.86. The summed E-state index contributed by atoms with van der Waals surface area (Å²) in [6.07, 6.45) is 9.00. The molecule has 2 rings (SSSR count). The predicted molar refractivity (Wildman–Crippen MR) is 73.7 cm³/mol. The molecule has 0 heterocycles. The lowest BCUT2D eigenvalue weighted by Gasteiger charge is -2.36. The monoisotopic (exact) mass is 274 g/mol. The van der Waals surface area contributed by atoms with Gasteiger partial charge < -0.3 is 5.73 Å². The summed E-state index contributed by atoms with van der Waals surface area (Å²) in [7, 11) is -3.09. The minimum Gasteiger partial charge on any atom is -0.330 e. The Morgan fingerprint density at radius 1 is 1.17 bits per heavy atom. The van der Waals surface area contributed by atoms with Gasteiger partial charge in [0, 0.05) is 6.54 Å². The lowest BCUT2D eigenvalue weighted by molar-refractivity contribution is 0.202. The molecule has 0 radical (unpaired) electrons. The molecule has 2 aliphatic rings. The van der Waals surface area contributed by atoms with Crippen LogP contribution in [0.4, 0.5) is 0 Å². The van der Waals surface area contributed by atoms with Crippen LogP contribution in [0.3, 0.4) is 0 Å². The van der Waals surface area contributed by atoms with Crippen LogP contribution in [-0.2, 0) is 10.0 Å². The standard InChI is InChI=1S/C13H26N2O2S/c14-10-13(7-2-1-3-8-13)11-15-18(16,17)9-6-12-4-5-12/h12,15H,1-11,14H2. The van der Waals surface area contributed by atoms with Crippen molar-refractivity contribution in [3.05, 3.63) is 0 Å². The molecule has 3 N–H and O–H groups in total. The van der Waals surface area contributed by atoms with Crippen LogP contribution in [0.25, 0.3) is 0 Å². The summed E-state index contributed by atoms with van der Waals surface area (Å²) in [5, 5.41) is 0. The molecule has 0 aromatic rings. The van der Waals surface area contributed by atoms with Crippen LogP contribution in [0.1, 0.15) is 51.4 Å². The Kier molecular flexibility index (Phi) is 4.67. The molecule has 2 fully saturated rings. The smallest absolute Gasteiger partial charge is 0.211 e. The minimum absolute atomic E-state index is 0.0188. The Balaban J connectivity index is 1.80. The second kappa shape index (κ2) is 5.88. The molecule has 2 aliphatic carbocycles. The average Bonchev–Trinajstić information content (AvgIpc) is 3.20. The molecule has 0 saturated heterocycles. The first-order chi connectivity index (χ1) is 8.55. The zero-order chi connectivity index (χ0) is 13.1. The van der Waals surface area contributed by atoms with Gasteiger partial charge in [-0.2, -0.15) is 0 Å². The second-order valence-electron chi connectivity index (χ2n) is 6.14. The van der Waals surface area contributed by atoms with Crippen molar-refractivity contribution in [2.75, 3.05) is 18.8 Å². The molecule has 0 aliphatic heterocycles. The van der Waals surface area contributed by atoms with Gasteiger partial charge in [0.25, 0.3) is 0 Å².